The van der Waals surface area contributed by atoms with Crippen LogP contribution in [0.15, 0.2) is 93.9 Å². The Morgan fingerprint density at radius 1 is 0.862 bits per heavy atom. The summed E-state index contributed by atoms with van der Waals surface area (Å²) >= 11 is 5.94. The number of nitrogens with zero attached hydrogens (tertiary/aromatic N) is 3. The van der Waals surface area contributed by atoms with Crippen molar-refractivity contribution in [2.24, 2.45) is 10.2 Å². The first kappa shape index (κ1) is 18.9. The summed E-state index contributed by atoms with van der Waals surface area (Å²) in [6.07, 6.45) is 0. The first-order valence-corrected chi connectivity index (χ1v) is 9.59. The molecule has 5 nitrogen and oxygen atoms in total. The van der Waals surface area contributed by atoms with Crippen LogP contribution in [-0.4, -0.2) is 9.78 Å². The molecule has 29 heavy (non-hydrogen) atoms. The summed E-state index contributed by atoms with van der Waals surface area (Å²) in [4.78, 5) is 12.6. The fourth-order valence-corrected chi connectivity index (χ4v) is 3.19. The van der Waals surface area contributed by atoms with Gasteiger partial charge >= 0.3 is 0 Å². The van der Waals surface area contributed by atoms with E-state index in [2.05, 4.69) is 15.3 Å². The summed E-state index contributed by atoms with van der Waals surface area (Å²) in [6, 6.07) is 25.1. The van der Waals surface area contributed by atoms with Crippen LogP contribution in [0.1, 0.15) is 11.3 Å². The molecule has 0 saturated carbocycles. The van der Waals surface area contributed by atoms with Crippen molar-refractivity contribution in [3.63, 3.8) is 0 Å². The van der Waals surface area contributed by atoms with E-state index in [9.17, 15) is 4.79 Å². The maximum atomic E-state index is 12.6. The van der Waals surface area contributed by atoms with Crippen LogP contribution in [0.3, 0.4) is 0 Å². The molecule has 0 aliphatic heterocycles. The Labute approximate surface area is 173 Å². The van der Waals surface area contributed by atoms with Gasteiger partial charge in [0.1, 0.15) is 0 Å². The number of hydrogen-bond acceptors (Lipinski definition) is 3. The van der Waals surface area contributed by atoms with E-state index in [-0.39, 0.29) is 5.56 Å². The molecule has 3 aromatic carbocycles. The molecule has 0 bridgehead atoms. The second-order valence-corrected chi connectivity index (χ2v) is 7.15. The number of azo groups is 1. The van der Waals surface area contributed by atoms with E-state index in [4.69, 9.17) is 11.6 Å². The zero-order valence-electron chi connectivity index (χ0n) is 15.8. The van der Waals surface area contributed by atoms with Gasteiger partial charge in [-0.2, -0.15) is 5.11 Å². The van der Waals surface area contributed by atoms with E-state index < -0.39 is 0 Å². The van der Waals surface area contributed by atoms with Gasteiger partial charge in [0.15, 0.2) is 5.69 Å². The first-order valence-electron chi connectivity index (χ1n) is 9.21. The Bertz CT molecular complexity index is 1190. The number of aryl methyl sites for hydroxylation is 1. The quantitative estimate of drug-likeness (QED) is 0.393. The second kappa shape index (κ2) is 8.29. The van der Waals surface area contributed by atoms with Gasteiger partial charge in [0.25, 0.3) is 5.56 Å². The van der Waals surface area contributed by atoms with Gasteiger partial charge in [0.2, 0.25) is 0 Å². The summed E-state index contributed by atoms with van der Waals surface area (Å²) in [5.74, 6) is 0. The average Bonchev–Trinajstić information content (AvgIpc) is 3.01. The highest BCUT2D eigenvalue weighted by atomic mass is 35.5. The molecule has 0 aliphatic carbocycles. The highest BCUT2D eigenvalue weighted by Crippen LogP contribution is 2.25. The van der Waals surface area contributed by atoms with Crippen molar-refractivity contribution in [3.8, 4) is 11.1 Å². The lowest BCUT2D eigenvalue weighted by atomic mass is 10.1. The van der Waals surface area contributed by atoms with Crippen LogP contribution in [0.4, 0.5) is 11.4 Å². The lowest BCUT2D eigenvalue weighted by Gasteiger charge is -2.02. The van der Waals surface area contributed by atoms with Crippen molar-refractivity contribution in [2.45, 2.75) is 13.5 Å². The Morgan fingerprint density at radius 3 is 2.14 bits per heavy atom. The lowest BCUT2D eigenvalue weighted by molar-refractivity contribution is 0.658. The molecule has 0 unspecified atom stereocenters. The third-order valence-corrected chi connectivity index (χ3v) is 4.85. The first-order chi connectivity index (χ1) is 14.1. The minimum Gasteiger partial charge on any atom is -0.297 e. The zero-order chi connectivity index (χ0) is 20.2. The van der Waals surface area contributed by atoms with Crippen LogP contribution in [-0.2, 0) is 6.54 Å². The highest BCUT2D eigenvalue weighted by molar-refractivity contribution is 6.30. The largest absolute Gasteiger partial charge is 0.297 e. The lowest BCUT2D eigenvalue weighted by Crippen LogP contribution is -2.17. The molecule has 4 rings (SSSR count). The molecule has 0 aliphatic rings. The molecule has 0 saturated heterocycles. The Balaban J connectivity index is 1.53. The Morgan fingerprint density at radius 2 is 1.48 bits per heavy atom. The minimum absolute atomic E-state index is 0.187. The second-order valence-electron chi connectivity index (χ2n) is 6.72. The molecule has 0 spiro atoms. The number of rotatable bonds is 5. The van der Waals surface area contributed by atoms with Crippen molar-refractivity contribution in [1.82, 2.24) is 9.78 Å². The van der Waals surface area contributed by atoms with Gasteiger partial charge in [-0.05, 0) is 47.9 Å². The number of aromatic amines is 1. The van der Waals surface area contributed by atoms with E-state index in [0.717, 1.165) is 16.7 Å². The van der Waals surface area contributed by atoms with Gasteiger partial charge in [-0.3, -0.25) is 9.89 Å². The summed E-state index contributed by atoms with van der Waals surface area (Å²) in [5, 5.41) is 12.2. The van der Waals surface area contributed by atoms with Crippen LogP contribution >= 0.6 is 11.6 Å². The average molecular weight is 403 g/mol. The summed E-state index contributed by atoms with van der Waals surface area (Å²) in [5.41, 5.74) is 4.67. The van der Waals surface area contributed by atoms with Crippen LogP contribution in [0, 0.1) is 6.92 Å². The molecule has 1 heterocycles. The van der Waals surface area contributed by atoms with Gasteiger partial charge in [0.05, 0.1) is 17.9 Å². The number of benzene rings is 3. The molecule has 6 heteroatoms. The summed E-state index contributed by atoms with van der Waals surface area (Å²) in [7, 11) is 0. The molecular weight excluding hydrogens is 384 g/mol. The molecule has 1 aromatic heterocycles. The molecule has 0 atom stereocenters. The Hall–Kier alpha value is -3.44. The molecule has 0 amide bonds. The maximum Gasteiger partial charge on any atom is 0.294 e. The van der Waals surface area contributed by atoms with E-state index in [1.54, 1.807) is 4.68 Å². The van der Waals surface area contributed by atoms with E-state index >= 15 is 0 Å². The van der Waals surface area contributed by atoms with E-state index in [1.165, 1.54) is 0 Å². The molecular formula is C23H19ClN4O. The standard InChI is InChI=1S/C23H19ClN4O/c1-16-22(23(29)28(27-16)15-17-5-3-2-4-6-17)26-25-21-13-9-19(10-14-21)18-7-11-20(24)12-8-18/h2-14,27H,15H2,1H3. The zero-order valence-corrected chi connectivity index (χ0v) is 16.6. The van der Waals surface area contributed by atoms with Crippen molar-refractivity contribution in [3.05, 3.63) is 105 Å². The van der Waals surface area contributed by atoms with Gasteiger partial charge in [-0.15, -0.1) is 5.11 Å². The smallest absolute Gasteiger partial charge is 0.294 e. The summed E-state index contributed by atoms with van der Waals surface area (Å²) < 4.78 is 1.54. The predicted molar refractivity (Wildman–Crippen MR) is 116 cm³/mol. The predicted octanol–water partition coefficient (Wildman–Crippen LogP) is 6.27. The van der Waals surface area contributed by atoms with Crippen LogP contribution < -0.4 is 5.56 Å². The number of nitrogens with one attached hydrogen (secondary N) is 1. The third-order valence-electron chi connectivity index (χ3n) is 4.60. The number of hydrogen-bond donors (Lipinski definition) is 1. The third kappa shape index (κ3) is 4.36. The van der Waals surface area contributed by atoms with Crippen molar-refractivity contribution in [1.29, 1.82) is 0 Å². The van der Waals surface area contributed by atoms with Crippen LogP contribution in [0.25, 0.3) is 11.1 Å². The van der Waals surface area contributed by atoms with Crippen LogP contribution in [0.5, 0.6) is 0 Å². The fourth-order valence-electron chi connectivity index (χ4n) is 3.06. The Kier molecular flexibility index (Phi) is 5.40. The van der Waals surface area contributed by atoms with E-state index in [1.807, 2.05) is 85.8 Å². The topological polar surface area (TPSA) is 62.5 Å². The molecule has 4 aromatic rings. The van der Waals surface area contributed by atoms with Crippen molar-refractivity contribution < 1.29 is 0 Å². The maximum absolute atomic E-state index is 12.6. The van der Waals surface area contributed by atoms with Crippen LogP contribution in [0.2, 0.25) is 5.02 Å². The molecule has 0 radical (unpaired) electrons. The number of halogens is 1. The molecule has 0 fully saturated rings. The van der Waals surface area contributed by atoms with Crippen molar-refractivity contribution in [2.75, 3.05) is 0 Å². The van der Waals surface area contributed by atoms with Gasteiger partial charge in [0, 0.05) is 5.02 Å². The number of H-pyrrole nitrogens is 1. The fraction of sp³-hybridized carbons (Fsp3) is 0.0870. The van der Waals surface area contributed by atoms with Gasteiger partial charge in [-0.1, -0.05) is 66.2 Å². The SMILES string of the molecule is Cc1[nH]n(Cc2ccccc2)c(=O)c1N=Nc1ccc(-c2ccc(Cl)cc2)cc1. The number of aromatic nitrogens is 2. The van der Waals surface area contributed by atoms with Gasteiger partial charge in [-0.25, -0.2) is 4.68 Å². The van der Waals surface area contributed by atoms with E-state index in [0.29, 0.717) is 28.6 Å². The van der Waals surface area contributed by atoms with Gasteiger partial charge < -0.3 is 0 Å². The summed E-state index contributed by atoms with van der Waals surface area (Å²) in [6.45, 7) is 2.28. The highest BCUT2D eigenvalue weighted by Gasteiger charge is 2.11. The normalized spacial score (nSPS) is 11.2. The molecule has 144 valence electrons. The minimum atomic E-state index is -0.187. The van der Waals surface area contributed by atoms with Crippen molar-refractivity contribution >= 4 is 23.0 Å². The monoisotopic (exact) mass is 402 g/mol. The molecule has 1 N–H and O–H groups in total.